The van der Waals surface area contributed by atoms with Crippen LogP contribution in [0.3, 0.4) is 0 Å². The van der Waals surface area contributed by atoms with Crippen molar-refractivity contribution in [3.63, 3.8) is 0 Å². The summed E-state index contributed by atoms with van der Waals surface area (Å²) in [6.45, 7) is 2.65. The summed E-state index contributed by atoms with van der Waals surface area (Å²) in [4.78, 5) is 79.5. The molecule has 0 spiro atoms. The van der Waals surface area contributed by atoms with Gasteiger partial charge in [-0.25, -0.2) is 9.59 Å². The van der Waals surface area contributed by atoms with Crippen molar-refractivity contribution in [1.29, 1.82) is 0 Å². The first-order valence-electron chi connectivity index (χ1n) is 11.1. The number of carboxylic acids is 3. The second-order valence-electron chi connectivity index (χ2n) is 7.59. The number of carbonyl (C=O) groups is 7. The number of aliphatic carboxylic acids is 3. The minimum atomic E-state index is -1.52. The Bertz CT molecular complexity index is 786. The highest BCUT2D eigenvalue weighted by Crippen LogP contribution is 2.01. The van der Waals surface area contributed by atoms with Crippen molar-refractivity contribution in [3.05, 3.63) is 0 Å². The first kappa shape index (κ1) is 32.4. The highest BCUT2D eigenvalue weighted by atomic mass is 16.5. The minimum Gasteiger partial charge on any atom is -0.481 e. The van der Waals surface area contributed by atoms with Crippen LogP contribution < -0.4 is 16.0 Å². The minimum absolute atomic E-state index is 0.0210. The Morgan fingerprint density at radius 3 is 1.64 bits per heavy atom. The zero-order chi connectivity index (χ0) is 27.5. The van der Waals surface area contributed by atoms with Crippen molar-refractivity contribution in [2.24, 2.45) is 0 Å². The lowest BCUT2D eigenvalue weighted by molar-refractivity contribution is -0.144. The van der Waals surface area contributed by atoms with E-state index in [1.54, 1.807) is 0 Å². The molecule has 0 aliphatic carbocycles. The number of ketones is 1. The van der Waals surface area contributed by atoms with E-state index in [-0.39, 0.29) is 38.4 Å². The van der Waals surface area contributed by atoms with E-state index >= 15 is 0 Å². The molecule has 0 radical (unpaired) electrons. The van der Waals surface area contributed by atoms with E-state index in [0.717, 1.165) is 0 Å². The maximum Gasteiger partial charge on any atom is 0.326 e. The second kappa shape index (κ2) is 18.7. The number of hydrogen-bond acceptors (Lipinski definition) is 9. The third-order valence-electron chi connectivity index (χ3n) is 4.43. The Kier molecular flexibility index (Phi) is 16.8. The van der Waals surface area contributed by atoms with Gasteiger partial charge in [0.2, 0.25) is 17.7 Å². The smallest absolute Gasteiger partial charge is 0.326 e. The number of carbonyl (C=O) groups excluding carboxylic acids is 4. The monoisotopic (exact) mass is 519 g/mol. The number of nitrogens with one attached hydrogen (secondary N) is 3. The van der Waals surface area contributed by atoms with Gasteiger partial charge in [0.05, 0.1) is 26.4 Å². The van der Waals surface area contributed by atoms with Crippen LogP contribution in [0, 0.1) is 0 Å². The Morgan fingerprint density at radius 2 is 1.17 bits per heavy atom. The van der Waals surface area contributed by atoms with Gasteiger partial charge in [0.1, 0.15) is 24.3 Å². The van der Waals surface area contributed by atoms with Gasteiger partial charge in [0.15, 0.2) is 0 Å². The number of carboxylic acid groups (broad SMARTS) is 3. The van der Waals surface area contributed by atoms with E-state index < -0.39 is 67.0 Å². The molecular weight excluding hydrogens is 486 g/mol. The van der Waals surface area contributed by atoms with Crippen molar-refractivity contribution in [2.45, 2.75) is 57.5 Å². The quantitative estimate of drug-likeness (QED) is 0.0734. The number of amides is 3. The van der Waals surface area contributed by atoms with E-state index in [1.807, 2.05) is 5.32 Å². The van der Waals surface area contributed by atoms with Crippen LogP contribution in [0.25, 0.3) is 0 Å². The zero-order valence-electron chi connectivity index (χ0n) is 19.9. The van der Waals surface area contributed by atoms with Gasteiger partial charge in [0.25, 0.3) is 0 Å². The first-order chi connectivity index (χ1) is 16.9. The molecule has 0 aromatic carbocycles. The molecular formula is C21H33N3O12. The average molecular weight is 520 g/mol. The normalized spacial score (nSPS) is 12.1. The van der Waals surface area contributed by atoms with Gasteiger partial charge in [-0.1, -0.05) is 0 Å². The number of ether oxygens (including phenoxy) is 2. The standard InChI is InChI=1S/C21H33N3O12/c1-13(25)6-8-35-10-11-36-9-7-22-16(26)4-2-14(20(31)32)23-17(27)12-18(28)24-15(21(33)34)3-5-19(29)30/h14-15H,2-12H2,1H3,(H,22,26)(H,23,27)(H,24,28)(H,29,30)(H,31,32)(H,33,34). The summed E-state index contributed by atoms with van der Waals surface area (Å²) in [6, 6.07) is -3.00. The highest BCUT2D eigenvalue weighted by molar-refractivity contribution is 5.99. The SMILES string of the molecule is CC(=O)CCOCCOCCNC(=O)CCC(NC(=O)CC(=O)NC(CCC(=O)O)C(=O)O)C(=O)O. The van der Waals surface area contributed by atoms with Crippen molar-refractivity contribution >= 4 is 41.4 Å². The summed E-state index contributed by atoms with van der Waals surface area (Å²) in [5.74, 6) is -6.69. The topological polar surface area (TPSA) is 235 Å². The van der Waals surface area contributed by atoms with Gasteiger partial charge in [-0.3, -0.25) is 24.0 Å². The zero-order valence-corrected chi connectivity index (χ0v) is 19.9. The van der Waals surface area contributed by atoms with Crippen LogP contribution in [0.1, 0.15) is 45.4 Å². The van der Waals surface area contributed by atoms with Crippen LogP contribution in [-0.2, 0) is 43.0 Å². The average Bonchev–Trinajstić information content (AvgIpc) is 2.77. The van der Waals surface area contributed by atoms with Gasteiger partial charge >= 0.3 is 17.9 Å². The van der Waals surface area contributed by atoms with Crippen molar-refractivity contribution in [3.8, 4) is 0 Å². The molecule has 3 amide bonds. The molecule has 0 aromatic heterocycles. The summed E-state index contributed by atoms with van der Waals surface area (Å²) in [6.07, 6.45) is -1.99. The fourth-order valence-electron chi connectivity index (χ4n) is 2.58. The molecule has 2 atom stereocenters. The molecule has 0 aliphatic rings. The Balaban J connectivity index is 4.26. The summed E-state index contributed by atoms with van der Waals surface area (Å²) >= 11 is 0. The summed E-state index contributed by atoms with van der Waals surface area (Å²) in [5, 5.41) is 33.5. The molecule has 0 rings (SSSR count). The largest absolute Gasteiger partial charge is 0.481 e. The van der Waals surface area contributed by atoms with Crippen LogP contribution in [0.15, 0.2) is 0 Å². The Morgan fingerprint density at radius 1 is 0.667 bits per heavy atom. The molecule has 15 nitrogen and oxygen atoms in total. The molecule has 2 unspecified atom stereocenters. The number of hydrogen-bond donors (Lipinski definition) is 6. The summed E-state index contributed by atoms with van der Waals surface area (Å²) in [5.41, 5.74) is 0. The van der Waals surface area contributed by atoms with Crippen LogP contribution >= 0.6 is 0 Å². The predicted octanol–water partition coefficient (Wildman–Crippen LogP) is -1.71. The van der Waals surface area contributed by atoms with E-state index in [9.17, 15) is 38.7 Å². The molecule has 0 aliphatic heterocycles. The summed E-state index contributed by atoms with van der Waals surface area (Å²) in [7, 11) is 0. The van der Waals surface area contributed by atoms with Crippen LogP contribution in [-0.4, -0.2) is 102 Å². The predicted molar refractivity (Wildman–Crippen MR) is 120 cm³/mol. The van der Waals surface area contributed by atoms with Crippen LogP contribution in [0.2, 0.25) is 0 Å². The van der Waals surface area contributed by atoms with Crippen molar-refractivity contribution in [1.82, 2.24) is 16.0 Å². The molecule has 0 aromatic rings. The first-order valence-corrected chi connectivity index (χ1v) is 11.1. The fraction of sp³-hybridized carbons (Fsp3) is 0.667. The van der Waals surface area contributed by atoms with E-state index in [4.69, 9.17) is 19.7 Å². The van der Waals surface area contributed by atoms with Crippen molar-refractivity contribution < 1.29 is 58.4 Å². The van der Waals surface area contributed by atoms with E-state index in [2.05, 4.69) is 10.6 Å². The molecule has 36 heavy (non-hydrogen) atoms. The maximum absolute atomic E-state index is 12.0. The summed E-state index contributed by atoms with van der Waals surface area (Å²) < 4.78 is 10.4. The molecule has 6 N–H and O–H groups in total. The van der Waals surface area contributed by atoms with Gasteiger partial charge in [-0.05, 0) is 19.8 Å². The Hall–Kier alpha value is -3.59. The Labute approximate surface area is 206 Å². The molecule has 15 heteroatoms. The van der Waals surface area contributed by atoms with Gasteiger partial charge in [-0.15, -0.1) is 0 Å². The molecule has 204 valence electrons. The fourth-order valence-corrected chi connectivity index (χ4v) is 2.58. The second-order valence-corrected chi connectivity index (χ2v) is 7.59. The third kappa shape index (κ3) is 17.8. The lowest BCUT2D eigenvalue weighted by atomic mass is 10.1. The maximum atomic E-state index is 12.0. The van der Waals surface area contributed by atoms with Crippen LogP contribution in [0.5, 0.6) is 0 Å². The molecule has 0 bridgehead atoms. The van der Waals surface area contributed by atoms with Crippen LogP contribution in [0.4, 0.5) is 0 Å². The van der Waals surface area contributed by atoms with Gasteiger partial charge < -0.3 is 40.7 Å². The number of rotatable bonds is 21. The molecule has 0 saturated heterocycles. The van der Waals surface area contributed by atoms with Gasteiger partial charge in [0, 0.05) is 25.8 Å². The van der Waals surface area contributed by atoms with E-state index in [0.29, 0.717) is 19.6 Å². The van der Waals surface area contributed by atoms with Gasteiger partial charge in [-0.2, -0.15) is 0 Å². The molecule has 0 saturated carbocycles. The third-order valence-corrected chi connectivity index (χ3v) is 4.43. The van der Waals surface area contributed by atoms with Crippen molar-refractivity contribution in [2.75, 3.05) is 33.0 Å². The number of Topliss-reactive ketones (excluding diaryl/α,β-unsaturated/α-hetero) is 1. The highest BCUT2D eigenvalue weighted by Gasteiger charge is 2.25. The lowest BCUT2D eigenvalue weighted by Gasteiger charge is -2.16. The molecule has 0 fully saturated rings. The van der Waals surface area contributed by atoms with E-state index in [1.165, 1.54) is 6.92 Å². The molecule has 0 heterocycles. The lowest BCUT2D eigenvalue weighted by Crippen LogP contribution is -2.46.